The normalized spacial score (nSPS) is 11.3. The first kappa shape index (κ1) is 31.3. The molecule has 0 radical (unpaired) electrons. The minimum Gasteiger partial charge on any atom is -0.462 e. The first-order valence-electron chi connectivity index (χ1n) is 10.9. The van der Waals surface area contributed by atoms with Gasteiger partial charge in [-0.2, -0.15) is 0 Å². The van der Waals surface area contributed by atoms with Crippen molar-refractivity contribution in [3.63, 3.8) is 0 Å². The standard InChI is InChI=1S/C11H13NO4.C9H9NO3.C4H8O.CH4/c1-3-15-10(13)8-5-6-12-9(7-8)11(14)16-4-2;1-2-13-9(12)7-3-4-10-8(5-7)6-11;1-2-4-5-3-1;/h5-7H,3-4H2,1-2H3;3-6H,2H2,1H3;1-4H2;1H4. The lowest BCUT2D eigenvalue weighted by Gasteiger charge is -2.03. The summed E-state index contributed by atoms with van der Waals surface area (Å²) in [4.78, 5) is 51.7. The van der Waals surface area contributed by atoms with E-state index in [2.05, 4.69) is 9.97 Å². The highest BCUT2D eigenvalue weighted by Gasteiger charge is 2.12. The summed E-state index contributed by atoms with van der Waals surface area (Å²) in [6.07, 6.45) is 5.91. The molecule has 0 N–H and O–H groups in total. The number of ether oxygens (including phenoxy) is 4. The van der Waals surface area contributed by atoms with Crippen molar-refractivity contribution in [1.29, 1.82) is 0 Å². The van der Waals surface area contributed by atoms with Gasteiger partial charge in [0, 0.05) is 25.6 Å². The van der Waals surface area contributed by atoms with Crippen molar-refractivity contribution in [2.75, 3.05) is 33.0 Å². The highest BCUT2D eigenvalue weighted by molar-refractivity contribution is 5.94. The van der Waals surface area contributed by atoms with Crippen LogP contribution in [0, 0.1) is 0 Å². The average Bonchev–Trinajstić information content (AvgIpc) is 3.45. The smallest absolute Gasteiger partial charge is 0.356 e. The summed E-state index contributed by atoms with van der Waals surface area (Å²) in [6, 6.07) is 5.74. The monoisotopic (exact) mass is 490 g/mol. The van der Waals surface area contributed by atoms with Crippen LogP contribution in [0.4, 0.5) is 0 Å². The molecular formula is C25H34N2O8. The lowest BCUT2D eigenvalue weighted by Crippen LogP contribution is -2.10. The topological polar surface area (TPSA) is 131 Å². The van der Waals surface area contributed by atoms with Crippen molar-refractivity contribution in [2.45, 2.75) is 41.0 Å². The zero-order valence-electron chi connectivity index (χ0n) is 19.7. The van der Waals surface area contributed by atoms with E-state index in [1.165, 1.54) is 49.5 Å². The summed E-state index contributed by atoms with van der Waals surface area (Å²) in [6.45, 7) is 8.01. The Hall–Kier alpha value is -3.66. The van der Waals surface area contributed by atoms with E-state index in [-0.39, 0.29) is 32.0 Å². The number of hydrogen-bond donors (Lipinski definition) is 0. The van der Waals surface area contributed by atoms with Crippen LogP contribution in [0.1, 0.15) is 82.7 Å². The van der Waals surface area contributed by atoms with Crippen LogP contribution in [-0.2, 0) is 18.9 Å². The number of hydrogen-bond acceptors (Lipinski definition) is 10. The van der Waals surface area contributed by atoms with E-state index in [0.717, 1.165) is 13.2 Å². The summed E-state index contributed by atoms with van der Waals surface area (Å²) < 4.78 is 19.3. The molecule has 3 heterocycles. The maximum absolute atomic E-state index is 11.4. The molecule has 2 aromatic heterocycles. The third kappa shape index (κ3) is 12.4. The molecule has 0 atom stereocenters. The molecule has 0 aromatic carbocycles. The number of pyridine rings is 2. The lowest BCUT2D eigenvalue weighted by molar-refractivity contribution is 0.0509. The number of nitrogens with zero attached hydrogens (tertiary/aromatic N) is 2. The van der Waals surface area contributed by atoms with Gasteiger partial charge in [-0.25, -0.2) is 19.4 Å². The number of carbonyl (C=O) groups is 4. The zero-order chi connectivity index (χ0) is 25.2. The van der Waals surface area contributed by atoms with Crippen LogP contribution in [0.25, 0.3) is 0 Å². The molecule has 10 nitrogen and oxygen atoms in total. The second-order valence-corrected chi connectivity index (χ2v) is 6.50. The van der Waals surface area contributed by atoms with E-state index in [1.54, 1.807) is 20.8 Å². The van der Waals surface area contributed by atoms with Crippen LogP contribution in [0.15, 0.2) is 36.7 Å². The summed E-state index contributed by atoms with van der Waals surface area (Å²) in [5, 5.41) is 0. The Morgan fingerprint density at radius 1 is 0.829 bits per heavy atom. The maximum Gasteiger partial charge on any atom is 0.356 e. The Labute approximate surface area is 206 Å². The van der Waals surface area contributed by atoms with Crippen LogP contribution >= 0.6 is 0 Å². The number of carbonyl (C=O) groups excluding carboxylic acids is 4. The quantitative estimate of drug-likeness (QED) is 0.319. The van der Waals surface area contributed by atoms with Crippen LogP contribution in [0.5, 0.6) is 0 Å². The fourth-order valence-corrected chi connectivity index (χ4v) is 2.45. The number of rotatable bonds is 7. The molecule has 0 bridgehead atoms. The van der Waals surface area contributed by atoms with Gasteiger partial charge in [-0.1, -0.05) is 7.43 Å². The molecule has 1 saturated heterocycles. The van der Waals surface area contributed by atoms with Crippen molar-refractivity contribution in [3.8, 4) is 0 Å². The van der Waals surface area contributed by atoms with Crippen LogP contribution in [0.2, 0.25) is 0 Å². The van der Waals surface area contributed by atoms with Gasteiger partial charge in [-0.15, -0.1) is 0 Å². The number of aromatic nitrogens is 2. The Balaban J connectivity index is 0.000000544. The maximum atomic E-state index is 11.4. The molecule has 192 valence electrons. The van der Waals surface area contributed by atoms with Crippen molar-refractivity contribution in [2.24, 2.45) is 0 Å². The van der Waals surface area contributed by atoms with Gasteiger partial charge >= 0.3 is 17.9 Å². The van der Waals surface area contributed by atoms with Crippen LogP contribution < -0.4 is 0 Å². The second kappa shape index (κ2) is 18.7. The van der Waals surface area contributed by atoms with E-state index >= 15 is 0 Å². The molecule has 0 unspecified atom stereocenters. The van der Waals surface area contributed by atoms with Crippen molar-refractivity contribution in [1.82, 2.24) is 9.97 Å². The molecule has 3 rings (SSSR count). The predicted octanol–water partition coefficient (Wildman–Crippen LogP) is 3.94. The van der Waals surface area contributed by atoms with Gasteiger partial charge in [0.2, 0.25) is 0 Å². The fraction of sp³-hybridized carbons (Fsp3) is 0.440. The summed E-state index contributed by atoms with van der Waals surface area (Å²) in [7, 11) is 0. The molecule has 1 fully saturated rings. The molecule has 0 spiro atoms. The average molecular weight is 491 g/mol. The zero-order valence-corrected chi connectivity index (χ0v) is 19.7. The van der Waals surface area contributed by atoms with E-state index in [9.17, 15) is 19.2 Å². The first-order valence-corrected chi connectivity index (χ1v) is 10.9. The molecule has 10 heteroatoms. The molecule has 1 aliphatic heterocycles. The summed E-state index contributed by atoms with van der Waals surface area (Å²) >= 11 is 0. The van der Waals surface area contributed by atoms with Gasteiger partial charge in [0.05, 0.1) is 30.9 Å². The van der Waals surface area contributed by atoms with E-state index in [4.69, 9.17) is 18.9 Å². The number of aldehydes is 1. The Morgan fingerprint density at radius 2 is 1.31 bits per heavy atom. The molecule has 0 amide bonds. The van der Waals surface area contributed by atoms with Crippen molar-refractivity contribution < 1.29 is 38.1 Å². The van der Waals surface area contributed by atoms with Gasteiger partial charge < -0.3 is 18.9 Å². The highest BCUT2D eigenvalue weighted by Crippen LogP contribution is 2.05. The highest BCUT2D eigenvalue weighted by atomic mass is 16.5. The molecular weight excluding hydrogens is 456 g/mol. The third-order valence-corrected chi connectivity index (χ3v) is 4.00. The predicted molar refractivity (Wildman–Crippen MR) is 129 cm³/mol. The molecule has 0 aliphatic carbocycles. The molecule has 2 aromatic rings. The minimum absolute atomic E-state index is 0. The molecule has 35 heavy (non-hydrogen) atoms. The fourth-order valence-electron chi connectivity index (χ4n) is 2.45. The van der Waals surface area contributed by atoms with Gasteiger partial charge in [-0.3, -0.25) is 9.78 Å². The lowest BCUT2D eigenvalue weighted by atomic mass is 10.2. The van der Waals surface area contributed by atoms with E-state index in [1.807, 2.05) is 0 Å². The molecule has 0 saturated carbocycles. The van der Waals surface area contributed by atoms with Gasteiger partial charge in [-0.05, 0) is 57.9 Å². The Morgan fingerprint density at radius 3 is 1.77 bits per heavy atom. The van der Waals surface area contributed by atoms with Gasteiger partial charge in [0.1, 0.15) is 11.4 Å². The Bertz CT molecular complexity index is 888. The minimum atomic E-state index is -0.548. The summed E-state index contributed by atoms with van der Waals surface area (Å²) in [5.74, 6) is -1.46. The van der Waals surface area contributed by atoms with E-state index < -0.39 is 17.9 Å². The van der Waals surface area contributed by atoms with E-state index in [0.29, 0.717) is 24.0 Å². The Kier molecular flexibility index (Phi) is 16.8. The summed E-state index contributed by atoms with van der Waals surface area (Å²) in [5.41, 5.74) is 0.969. The SMILES string of the molecule is C.C1CCOC1.CCOC(=O)c1ccnc(C(=O)OCC)c1.CCOC(=O)c1ccnc(C=O)c1. The number of esters is 3. The first-order chi connectivity index (χ1) is 16.5. The molecule has 1 aliphatic rings. The van der Waals surface area contributed by atoms with Gasteiger partial charge in [0.15, 0.2) is 6.29 Å². The van der Waals surface area contributed by atoms with Gasteiger partial charge in [0.25, 0.3) is 0 Å². The van der Waals surface area contributed by atoms with Crippen LogP contribution in [-0.4, -0.2) is 67.2 Å². The second-order valence-electron chi connectivity index (χ2n) is 6.50. The largest absolute Gasteiger partial charge is 0.462 e. The third-order valence-electron chi connectivity index (χ3n) is 4.00. The van der Waals surface area contributed by atoms with Crippen LogP contribution in [0.3, 0.4) is 0 Å². The van der Waals surface area contributed by atoms with Crippen molar-refractivity contribution >= 4 is 24.2 Å². The van der Waals surface area contributed by atoms with Crippen molar-refractivity contribution in [3.05, 3.63) is 59.2 Å².